The van der Waals surface area contributed by atoms with E-state index in [1.807, 2.05) is 42.5 Å². The number of nitrogens with two attached hydrogens (primary N) is 1. The standard InChI is InChI=1S/C17H17N3O/c1-10(2)13-8-12(9-14-15(13)20-17(18)19-14)16(21)11-6-4-3-5-7-11/h3-10H,1-2H3,(H3,18,19,20). The highest BCUT2D eigenvalue weighted by atomic mass is 16.1. The van der Waals surface area contributed by atoms with Crippen LogP contribution < -0.4 is 5.73 Å². The fourth-order valence-electron chi connectivity index (χ4n) is 2.49. The Morgan fingerprint density at radius 1 is 1.14 bits per heavy atom. The van der Waals surface area contributed by atoms with Gasteiger partial charge in [-0.3, -0.25) is 4.79 Å². The summed E-state index contributed by atoms with van der Waals surface area (Å²) in [5, 5.41) is 0. The van der Waals surface area contributed by atoms with Crippen molar-refractivity contribution >= 4 is 22.8 Å². The van der Waals surface area contributed by atoms with Gasteiger partial charge in [-0.05, 0) is 23.6 Å². The van der Waals surface area contributed by atoms with Gasteiger partial charge in [-0.15, -0.1) is 0 Å². The third-order valence-corrected chi connectivity index (χ3v) is 3.55. The number of imidazole rings is 1. The van der Waals surface area contributed by atoms with Gasteiger partial charge in [-0.2, -0.15) is 0 Å². The molecule has 3 rings (SSSR count). The maximum Gasteiger partial charge on any atom is 0.198 e. The minimum absolute atomic E-state index is 0.00701. The molecule has 0 atom stereocenters. The molecule has 0 unspecified atom stereocenters. The summed E-state index contributed by atoms with van der Waals surface area (Å²) in [5.74, 6) is 0.641. The van der Waals surface area contributed by atoms with E-state index in [0.29, 0.717) is 17.1 Å². The summed E-state index contributed by atoms with van der Waals surface area (Å²) in [6.07, 6.45) is 0. The Labute approximate surface area is 123 Å². The Balaban J connectivity index is 2.17. The van der Waals surface area contributed by atoms with Crippen molar-refractivity contribution in [1.82, 2.24) is 9.97 Å². The molecule has 4 nitrogen and oxygen atoms in total. The molecule has 0 aliphatic carbocycles. The smallest absolute Gasteiger partial charge is 0.198 e. The maximum atomic E-state index is 12.6. The second-order valence-corrected chi connectivity index (χ2v) is 5.43. The summed E-state index contributed by atoms with van der Waals surface area (Å²) in [6.45, 7) is 4.16. The molecule has 0 amide bonds. The number of anilines is 1. The number of nitrogen functional groups attached to an aromatic ring is 1. The average molecular weight is 279 g/mol. The lowest BCUT2D eigenvalue weighted by Crippen LogP contribution is -2.03. The van der Waals surface area contributed by atoms with Gasteiger partial charge in [0.2, 0.25) is 0 Å². The first-order valence-corrected chi connectivity index (χ1v) is 6.95. The molecule has 1 aromatic heterocycles. The van der Waals surface area contributed by atoms with E-state index in [2.05, 4.69) is 23.8 Å². The number of rotatable bonds is 3. The van der Waals surface area contributed by atoms with Crippen molar-refractivity contribution in [3.8, 4) is 0 Å². The van der Waals surface area contributed by atoms with Gasteiger partial charge in [0, 0.05) is 11.1 Å². The van der Waals surface area contributed by atoms with Gasteiger partial charge in [0.05, 0.1) is 11.0 Å². The highest BCUT2D eigenvalue weighted by Gasteiger charge is 2.16. The van der Waals surface area contributed by atoms with Gasteiger partial charge >= 0.3 is 0 Å². The molecule has 0 saturated heterocycles. The molecule has 4 heteroatoms. The van der Waals surface area contributed by atoms with Crippen LogP contribution in [0.4, 0.5) is 5.95 Å². The Bertz CT molecular complexity index is 804. The number of nitrogens with zero attached hydrogens (tertiary/aromatic N) is 1. The lowest BCUT2D eigenvalue weighted by atomic mass is 9.95. The number of benzene rings is 2. The van der Waals surface area contributed by atoms with E-state index in [0.717, 1.165) is 16.6 Å². The van der Waals surface area contributed by atoms with Crippen LogP contribution in [0.1, 0.15) is 41.3 Å². The minimum atomic E-state index is 0.00701. The number of nitrogens with one attached hydrogen (secondary N) is 1. The second-order valence-electron chi connectivity index (χ2n) is 5.43. The third kappa shape index (κ3) is 2.40. The molecule has 21 heavy (non-hydrogen) atoms. The number of carbonyl (C=O) groups is 1. The Morgan fingerprint density at radius 3 is 2.52 bits per heavy atom. The monoisotopic (exact) mass is 279 g/mol. The summed E-state index contributed by atoms with van der Waals surface area (Å²) in [7, 11) is 0. The molecule has 106 valence electrons. The minimum Gasteiger partial charge on any atom is -0.369 e. The van der Waals surface area contributed by atoms with E-state index < -0.39 is 0 Å². The number of fused-ring (bicyclic) bond motifs is 1. The Kier molecular flexibility index (Phi) is 3.22. The molecule has 3 N–H and O–H groups in total. The lowest BCUT2D eigenvalue weighted by molar-refractivity contribution is 0.103. The van der Waals surface area contributed by atoms with Crippen LogP contribution in [-0.2, 0) is 0 Å². The first-order chi connectivity index (χ1) is 10.1. The fraction of sp³-hybridized carbons (Fsp3) is 0.176. The summed E-state index contributed by atoms with van der Waals surface area (Å²) in [4.78, 5) is 19.9. The zero-order valence-electron chi connectivity index (χ0n) is 12.1. The number of H-pyrrole nitrogens is 1. The topological polar surface area (TPSA) is 71.8 Å². The van der Waals surface area contributed by atoms with E-state index in [-0.39, 0.29) is 11.7 Å². The third-order valence-electron chi connectivity index (χ3n) is 3.55. The second kappa shape index (κ2) is 5.05. The number of aromatic amines is 1. The molecule has 0 saturated carbocycles. The van der Waals surface area contributed by atoms with Crippen molar-refractivity contribution in [2.45, 2.75) is 19.8 Å². The molecule has 0 fully saturated rings. The predicted octanol–water partition coefficient (Wildman–Crippen LogP) is 3.50. The van der Waals surface area contributed by atoms with Crippen molar-refractivity contribution in [2.24, 2.45) is 0 Å². The van der Waals surface area contributed by atoms with Gasteiger partial charge in [0.15, 0.2) is 11.7 Å². The quantitative estimate of drug-likeness (QED) is 0.721. The van der Waals surface area contributed by atoms with Crippen LogP contribution in [0.2, 0.25) is 0 Å². The molecule has 0 spiro atoms. The van der Waals surface area contributed by atoms with Crippen LogP contribution in [0.15, 0.2) is 42.5 Å². The highest BCUT2D eigenvalue weighted by molar-refractivity contribution is 6.10. The molecule has 2 aromatic carbocycles. The van der Waals surface area contributed by atoms with Crippen molar-refractivity contribution in [2.75, 3.05) is 5.73 Å². The SMILES string of the molecule is CC(C)c1cc(C(=O)c2ccccc2)cc2[nH]c(N)nc12. The molecule has 0 aliphatic rings. The van der Waals surface area contributed by atoms with Gasteiger partial charge in [0.1, 0.15) is 0 Å². The summed E-state index contributed by atoms with van der Waals surface area (Å²) >= 11 is 0. The highest BCUT2D eigenvalue weighted by Crippen LogP contribution is 2.27. The Morgan fingerprint density at radius 2 is 1.86 bits per heavy atom. The molecule has 0 aliphatic heterocycles. The van der Waals surface area contributed by atoms with E-state index in [1.165, 1.54) is 0 Å². The number of hydrogen-bond donors (Lipinski definition) is 2. The number of aromatic nitrogens is 2. The number of carbonyl (C=O) groups excluding carboxylic acids is 1. The zero-order valence-corrected chi connectivity index (χ0v) is 12.1. The van der Waals surface area contributed by atoms with E-state index >= 15 is 0 Å². The lowest BCUT2D eigenvalue weighted by Gasteiger charge is -2.09. The number of ketones is 1. The molecular formula is C17H17N3O. The Hall–Kier alpha value is -2.62. The van der Waals surface area contributed by atoms with E-state index in [1.54, 1.807) is 0 Å². The van der Waals surface area contributed by atoms with Crippen LogP contribution in [0.5, 0.6) is 0 Å². The van der Waals surface area contributed by atoms with Crippen molar-refractivity contribution in [1.29, 1.82) is 0 Å². The average Bonchev–Trinajstić information content (AvgIpc) is 2.86. The van der Waals surface area contributed by atoms with Gasteiger partial charge in [-0.1, -0.05) is 44.2 Å². The molecular weight excluding hydrogens is 262 g/mol. The first-order valence-electron chi connectivity index (χ1n) is 6.95. The van der Waals surface area contributed by atoms with Gasteiger partial charge in [-0.25, -0.2) is 4.98 Å². The fourth-order valence-corrected chi connectivity index (χ4v) is 2.49. The van der Waals surface area contributed by atoms with Crippen LogP contribution in [0.3, 0.4) is 0 Å². The van der Waals surface area contributed by atoms with Crippen LogP contribution >= 0.6 is 0 Å². The maximum absolute atomic E-state index is 12.6. The van der Waals surface area contributed by atoms with Gasteiger partial charge < -0.3 is 10.7 Å². The van der Waals surface area contributed by atoms with Crippen LogP contribution in [0, 0.1) is 0 Å². The first kappa shape index (κ1) is 13.4. The molecule has 3 aromatic rings. The van der Waals surface area contributed by atoms with Crippen LogP contribution in [-0.4, -0.2) is 15.8 Å². The summed E-state index contributed by atoms with van der Waals surface area (Å²) in [5.41, 5.74) is 9.75. The normalized spacial score (nSPS) is 11.2. The largest absolute Gasteiger partial charge is 0.369 e. The number of hydrogen-bond acceptors (Lipinski definition) is 3. The van der Waals surface area contributed by atoms with E-state index in [9.17, 15) is 4.79 Å². The molecule has 0 radical (unpaired) electrons. The zero-order chi connectivity index (χ0) is 15.0. The molecule has 1 heterocycles. The summed E-state index contributed by atoms with van der Waals surface area (Å²) < 4.78 is 0. The van der Waals surface area contributed by atoms with Gasteiger partial charge in [0.25, 0.3) is 0 Å². The van der Waals surface area contributed by atoms with Crippen molar-refractivity contribution in [3.05, 3.63) is 59.2 Å². The predicted molar refractivity (Wildman–Crippen MR) is 84.5 cm³/mol. The molecule has 0 bridgehead atoms. The summed E-state index contributed by atoms with van der Waals surface area (Å²) in [6, 6.07) is 13.0. The van der Waals surface area contributed by atoms with Crippen LogP contribution in [0.25, 0.3) is 11.0 Å². The van der Waals surface area contributed by atoms with E-state index in [4.69, 9.17) is 5.73 Å². The van der Waals surface area contributed by atoms with Crippen molar-refractivity contribution in [3.63, 3.8) is 0 Å². The van der Waals surface area contributed by atoms with Crippen molar-refractivity contribution < 1.29 is 4.79 Å².